The molecule has 0 saturated heterocycles. The summed E-state index contributed by atoms with van der Waals surface area (Å²) in [6, 6.07) is 19.4. The van der Waals surface area contributed by atoms with E-state index >= 15 is 0 Å². The van der Waals surface area contributed by atoms with Gasteiger partial charge in [0.15, 0.2) is 6.10 Å². The smallest absolute Gasteiger partial charge is 0.265 e. The van der Waals surface area contributed by atoms with E-state index in [1.165, 1.54) is 0 Å². The van der Waals surface area contributed by atoms with Crippen molar-refractivity contribution >= 4 is 22.9 Å². The van der Waals surface area contributed by atoms with Crippen molar-refractivity contribution in [1.82, 2.24) is 9.97 Å². The molecule has 0 aliphatic carbocycles. The molecule has 6 heteroatoms. The second-order valence-corrected chi connectivity index (χ2v) is 8.66. The Kier molecular flexibility index (Phi) is 6.61. The number of rotatable bonds is 7. The lowest BCUT2D eigenvalue weighted by Crippen LogP contribution is -2.30. The lowest BCUT2D eigenvalue weighted by atomic mass is 10.0. The predicted octanol–water partition coefficient (Wildman–Crippen LogP) is 6.40. The van der Waals surface area contributed by atoms with E-state index in [9.17, 15) is 4.79 Å². The number of nitrogens with one attached hydrogen (secondary N) is 1. The third-order valence-corrected chi connectivity index (χ3v) is 5.94. The Morgan fingerprint density at radius 1 is 1.00 bits per heavy atom. The number of para-hydroxylation sites is 1. The quantitative estimate of drug-likeness (QED) is 0.359. The monoisotopic (exact) mass is 443 g/mol. The van der Waals surface area contributed by atoms with Crippen molar-refractivity contribution in [2.75, 3.05) is 5.32 Å². The number of hydrogen-bond acceptors (Lipinski definition) is 5. The van der Waals surface area contributed by atoms with E-state index in [-0.39, 0.29) is 5.91 Å². The summed E-state index contributed by atoms with van der Waals surface area (Å²) in [5.41, 5.74) is 4.58. The summed E-state index contributed by atoms with van der Waals surface area (Å²) in [5, 5.41) is 5.88. The number of anilines is 1. The third kappa shape index (κ3) is 5.03. The molecule has 0 bridgehead atoms. The zero-order valence-corrected chi connectivity index (χ0v) is 19.1. The first kappa shape index (κ1) is 21.7. The molecule has 1 N–H and O–H groups in total. The Balaban J connectivity index is 1.46. The first-order chi connectivity index (χ1) is 15.5. The third-order valence-electron chi connectivity index (χ3n) is 5.05. The molecule has 0 spiro atoms. The minimum Gasteiger partial charge on any atom is -0.481 e. The van der Waals surface area contributed by atoms with E-state index in [1.54, 1.807) is 30.7 Å². The fraction of sp³-hybridized carbons (Fsp3) is 0.192. The summed E-state index contributed by atoms with van der Waals surface area (Å²) in [7, 11) is 0. The highest BCUT2D eigenvalue weighted by Gasteiger charge is 2.18. The van der Waals surface area contributed by atoms with Crippen LogP contribution in [0.4, 0.5) is 5.69 Å². The van der Waals surface area contributed by atoms with Crippen LogP contribution < -0.4 is 10.1 Å². The van der Waals surface area contributed by atoms with Gasteiger partial charge in [-0.2, -0.15) is 0 Å². The predicted molar refractivity (Wildman–Crippen MR) is 130 cm³/mol. The van der Waals surface area contributed by atoms with E-state index in [0.717, 1.165) is 33.1 Å². The molecule has 2 aromatic carbocycles. The number of hydrogen-bond donors (Lipinski definition) is 1. The van der Waals surface area contributed by atoms with Crippen LogP contribution in [0, 0.1) is 0 Å². The van der Waals surface area contributed by atoms with E-state index < -0.39 is 6.10 Å². The number of nitrogens with zero attached hydrogens (tertiary/aromatic N) is 2. The molecule has 32 heavy (non-hydrogen) atoms. The van der Waals surface area contributed by atoms with Crippen molar-refractivity contribution in [2.45, 2.75) is 32.8 Å². The molecule has 1 amide bonds. The molecule has 2 heterocycles. The van der Waals surface area contributed by atoms with Crippen LogP contribution in [0.1, 0.15) is 32.3 Å². The highest BCUT2D eigenvalue weighted by Crippen LogP contribution is 2.30. The van der Waals surface area contributed by atoms with Gasteiger partial charge in [-0.3, -0.25) is 9.78 Å². The van der Waals surface area contributed by atoms with Crippen LogP contribution in [0.25, 0.3) is 21.8 Å². The van der Waals surface area contributed by atoms with E-state index in [4.69, 9.17) is 9.72 Å². The van der Waals surface area contributed by atoms with Gasteiger partial charge >= 0.3 is 0 Å². The van der Waals surface area contributed by atoms with Crippen LogP contribution >= 0.6 is 11.3 Å². The molecule has 0 radical (unpaired) electrons. The fourth-order valence-corrected chi connectivity index (χ4v) is 4.16. The zero-order chi connectivity index (χ0) is 22.5. The Morgan fingerprint density at radius 2 is 1.81 bits per heavy atom. The van der Waals surface area contributed by atoms with Gasteiger partial charge < -0.3 is 10.1 Å². The minimum absolute atomic E-state index is 0.199. The minimum atomic E-state index is -0.630. The van der Waals surface area contributed by atoms with Gasteiger partial charge in [0.05, 0.1) is 5.69 Å². The van der Waals surface area contributed by atoms with Gasteiger partial charge in [-0.1, -0.05) is 44.2 Å². The number of carbonyl (C=O) groups is 1. The van der Waals surface area contributed by atoms with Crippen LogP contribution in [0.3, 0.4) is 0 Å². The number of ether oxygens (including phenoxy) is 1. The molecule has 0 aliphatic heterocycles. The summed E-state index contributed by atoms with van der Waals surface area (Å²) in [6.45, 7) is 5.98. The summed E-state index contributed by atoms with van der Waals surface area (Å²) in [5.74, 6) is 0.854. The zero-order valence-electron chi connectivity index (χ0n) is 18.3. The lowest BCUT2D eigenvalue weighted by molar-refractivity contribution is -0.122. The number of aromatic nitrogens is 2. The molecule has 4 rings (SSSR count). The molecule has 5 nitrogen and oxygen atoms in total. The summed E-state index contributed by atoms with van der Waals surface area (Å²) >= 11 is 1.57. The van der Waals surface area contributed by atoms with Crippen molar-refractivity contribution in [1.29, 1.82) is 0 Å². The maximum Gasteiger partial charge on any atom is 0.265 e. The van der Waals surface area contributed by atoms with Gasteiger partial charge in [-0.25, -0.2) is 4.98 Å². The average Bonchev–Trinajstić information content (AvgIpc) is 3.30. The Labute approximate surface area is 192 Å². The average molecular weight is 444 g/mol. The van der Waals surface area contributed by atoms with Crippen LogP contribution in [0.2, 0.25) is 0 Å². The SMILES string of the molecule is CC(Oc1ccccc1C(C)C)C(=O)Nc1cccc(-c2csc(-c3cccnc3)n2)c1. The number of carbonyl (C=O) groups excluding carboxylic acids is 1. The van der Waals surface area contributed by atoms with Gasteiger partial charge in [-0.05, 0) is 48.7 Å². The highest BCUT2D eigenvalue weighted by molar-refractivity contribution is 7.13. The molecule has 1 atom stereocenters. The molecule has 0 saturated carbocycles. The van der Waals surface area contributed by atoms with Gasteiger partial charge in [0.1, 0.15) is 10.8 Å². The van der Waals surface area contributed by atoms with Gasteiger partial charge in [-0.15, -0.1) is 11.3 Å². The molecular weight excluding hydrogens is 418 g/mol. The van der Waals surface area contributed by atoms with Crippen molar-refractivity contribution in [3.05, 3.63) is 84.0 Å². The topological polar surface area (TPSA) is 64.1 Å². The Bertz CT molecular complexity index is 1200. The van der Waals surface area contributed by atoms with Crippen LogP contribution in [0.15, 0.2) is 78.4 Å². The Morgan fingerprint density at radius 3 is 2.59 bits per heavy atom. The van der Waals surface area contributed by atoms with Crippen LogP contribution in [-0.4, -0.2) is 22.0 Å². The Hall–Kier alpha value is -3.51. The second-order valence-electron chi connectivity index (χ2n) is 7.80. The van der Waals surface area contributed by atoms with Crippen LogP contribution in [-0.2, 0) is 4.79 Å². The molecule has 2 aromatic heterocycles. The van der Waals surface area contributed by atoms with E-state index in [1.807, 2.05) is 66.0 Å². The highest BCUT2D eigenvalue weighted by atomic mass is 32.1. The van der Waals surface area contributed by atoms with E-state index in [2.05, 4.69) is 24.1 Å². The maximum atomic E-state index is 12.8. The van der Waals surface area contributed by atoms with Crippen LogP contribution in [0.5, 0.6) is 5.75 Å². The largest absolute Gasteiger partial charge is 0.481 e. The number of benzene rings is 2. The molecular formula is C26H25N3O2S. The van der Waals surface area contributed by atoms with Gasteiger partial charge in [0.25, 0.3) is 5.91 Å². The van der Waals surface area contributed by atoms with Crippen molar-refractivity contribution < 1.29 is 9.53 Å². The van der Waals surface area contributed by atoms with Crippen molar-refractivity contribution in [2.24, 2.45) is 0 Å². The molecule has 0 fully saturated rings. The van der Waals surface area contributed by atoms with Gasteiger partial charge in [0, 0.05) is 34.6 Å². The van der Waals surface area contributed by atoms with Crippen molar-refractivity contribution in [3.8, 4) is 27.6 Å². The summed E-state index contributed by atoms with van der Waals surface area (Å²) < 4.78 is 5.98. The molecule has 162 valence electrons. The number of thiazole rings is 1. The lowest BCUT2D eigenvalue weighted by Gasteiger charge is -2.18. The molecule has 1 unspecified atom stereocenters. The summed E-state index contributed by atoms with van der Waals surface area (Å²) in [6.07, 6.45) is 2.92. The number of amides is 1. The fourth-order valence-electron chi connectivity index (χ4n) is 3.34. The number of pyridine rings is 1. The van der Waals surface area contributed by atoms with Crippen molar-refractivity contribution in [3.63, 3.8) is 0 Å². The first-order valence-electron chi connectivity index (χ1n) is 10.5. The van der Waals surface area contributed by atoms with Gasteiger partial charge in [0.2, 0.25) is 0 Å². The molecule has 4 aromatic rings. The first-order valence-corrected chi connectivity index (χ1v) is 11.4. The summed E-state index contributed by atoms with van der Waals surface area (Å²) in [4.78, 5) is 21.7. The second kappa shape index (κ2) is 9.75. The standard InChI is InChI=1S/C26H25N3O2S/c1-17(2)22-11-4-5-12-24(22)31-18(3)25(30)28-21-10-6-8-19(14-21)23-16-32-26(29-23)20-9-7-13-27-15-20/h4-18H,1-3H3,(H,28,30). The normalized spacial score (nSPS) is 11.9. The molecule has 0 aliphatic rings. The maximum absolute atomic E-state index is 12.8. The van der Waals surface area contributed by atoms with E-state index in [0.29, 0.717) is 11.6 Å².